The second-order valence-corrected chi connectivity index (χ2v) is 8.70. The first-order valence-corrected chi connectivity index (χ1v) is 11.6. The number of aryl methyl sites for hydroxylation is 2. The molecule has 5 heterocycles. The highest BCUT2D eigenvalue weighted by Gasteiger charge is 2.35. The monoisotopic (exact) mass is 495 g/mol. The third kappa shape index (κ3) is 3.99. The third-order valence-corrected chi connectivity index (χ3v) is 6.50. The van der Waals surface area contributed by atoms with Crippen molar-refractivity contribution in [2.24, 2.45) is 11.5 Å². The highest BCUT2D eigenvalue weighted by atomic mass is 32.1. The number of aromatic amines is 1. The third-order valence-electron chi connectivity index (χ3n) is 5.90. The fourth-order valence-electron chi connectivity index (χ4n) is 4.05. The summed E-state index contributed by atoms with van der Waals surface area (Å²) in [7, 11) is 4.44. The molecule has 34 heavy (non-hydrogen) atoms. The number of nitrogens with zero attached hydrogens (tertiary/aromatic N) is 8. The Kier molecular flexibility index (Phi) is 5.93. The lowest BCUT2D eigenvalue weighted by Crippen LogP contribution is -2.40. The molecule has 2 aliphatic heterocycles. The first-order chi connectivity index (χ1) is 16.5. The van der Waals surface area contributed by atoms with Gasteiger partial charge in [-0.1, -0.05) is 25.9 Å². The number of nitrogens with one attached hydrogen (secondary N) is 1. The molecule has 11 nitrogen and oxygen atoms in total. The molecule has 0 aliphatic carbocycles. The van der Waals surface area contributed by atoms with Gasteiger partial charge in [-0.05, 0) is 31.6 Å². The van der Waals surface area contributed by atoms with E-state index in [-0.39, 0.29) is 23.7 Å². The number of imidazole rings is 1. The molecule has 1 unspecified atom stereocenters. The molecule has 0 radical (unpaired) electrons. The zero-order chi connectivity index (χ0) is 23.8. The van der Waals surface area contributed by atoms with Crippen LogP contribution in [-0.2, 0) is 25.9 Å². The number of allylic oxidation sites excluding steroid dienone is 3. The topological polar surface area (TPSA) is 121 Å². The Morgan fingerprint density at radius 1 is 1.44 bits per heavy atom. The Hall–Kier alpha value is -3.50. The van der Waals surface area contributed by atoms with Crippen LogP contribution in [0.4, 0.5) is 0 Å². The molecule has 1 N–H and O–H groups in total. The summed E-state index contributed by atoms with van der Waals surface area (Å²) >= 11 is 4.93. The Bertz CT molecular complexity index is 1330. The van der Waals surface area contributed by atoms with E-state index in [0.29, 0.717) is 25.1 Å². The second-order valence-electron chi connectivity index (χ2n) is 7.95. The number of amides is 1. The summed E-state index contributed by atoms with van der Waals surface area (Å²) in [5, 5.41) is 14.1. The number of H-pyrrole nitrogens is 1. The minimum Gasteiger partial charge on any atom is -0.411 e. The van der Waals surface area contributed by atoms with E-state index in [0.717, 1.165) is 28.2 Å². The van der Waals surface area contributed by atoms with E-state index in [1.807, 2.05) is 44.3 Å². The van der Waals surface area contributed by atoms with Crippen LogP contribution in [0.25, 0.3) is 11.6 Å². The molecule has 2 atom stereocenters. The lowest BCUT2D eigenvalue weighted by molar-refractivity contribution is 0.0616. The zero-order valence-corrected chi connectivity index (χ0v) is 20.5. The molecule has 0 bridgehead atoms. The quantitative estimate of drug-likeness (QED) is 0.537. The SMILES string of the molecule is Cc1cc(-c2nnc(C(=O)N3CCc4[nH]cnc4[C@@H]3C/C=C3/C=CC=C(P)N3N=S)o2)nn1C. The number of carbonyl (C=O) groups is 1. The molecule has 0 spiro atoms. The summed E-state index contributed by atoms with van der Waals surface area (Å²) in [6.45, 7) is 2.41. The minimum atomic E-state index is -0.348. The molecule has 13 heteroatoms. The molecule has 3 aromatic rings. The smallest absolute Gasteiger partial charge is 0.312 e. The van der Waals surface area contributed by atoms with E-state index in [2.05, 4.69) is 39.0 Å². The predicted octanol–water partition coefficient (Wildman–Crippen LogP) is 2.75. The fourth-order valence-corrected chi connectivity index (χ4v) is 4.64. The maximum atomic E-state index is 13.5. The Balaban J connectivity index is 1.43. The fraction of sp³-hybridized carbons (Fsp3) is 0.286. The van der Waals surface area contributed by atoms with Gasteiger partial charge in [-0.15, -0.1) is 10.2 Å². The average Bonchev–Trinajstić information content (AvgIpc) is 3.57. The largest absolute Gasteiger partial charge is 0.411 e. The van der Waals surface area contributed by atoms with Gasteiger partial charge in [-0.25, -0.2) is 9.99 Å². The molecule has 5 rings (SSSR count). The summed E-state index contributed by atoms with van der Waals surface area (Å²) < 4.78 is 11.3. The number of aromatic nitrogens is 6. The van der Waals surface area contributed by atoms with Gasteiger partial charge in [0.15, 0.2) is 0 Å². The lowest BCUT2D eigenvalue weighted by atomic mass is 9.99. The van der Waals surface area contributed by atoms with Crippen LogP contribution in [0.15, 0.2) is 56.7 Å². The van der Waals surface area contributed by atoms with Gasteiger partial charge in [0.2, 0.25) is 0 Å². The molecule has 0 fully saturated rings. The molecular formula is C21H22N9O2PS. The van der Waals surface area contributed by atoms with Crippen molar-refractivity contribution in [3.63, 3.8) is 0 Å². The standard InChI is InChI=1S/C21H22N9O2PS/c1-12-10-15(26-28(12)2)19-24-25-20(32-19)21(31)29-9-8-14-18(23-11-22-14)16(29)7-6-13-4-3-5-17(33)30(13)27-34/h3-6,10-11,16H,7-9,33H2,1-2H3,(H,22,23)/b13-6-/t16-/m0/s1. The maximum Gasteiger partial charge on any atom is 0.312 e. The van der Waals surface area contributed by atoms with Gasteiger partial charge in [0.1, 0.15) is 5.69 Å². The normalized spacial score (nSPS) is 18.9. The molecule has 3 aromatic heterocycles. The molecule has 0 aromatic carbocycles. The molecule has 174 valence electrons. The first kappa shape index (κ1) is 22.3. The van der Waals surface area contributed by atoms with Gasteiger partial charge in [0.05, 0.1) is 41.6 Å². The van der Waals surface area contributed by atoms with Crippen LogP contribution >= 0.6 is 9.24 Å². The van der Waals surface area contributed by atoms with E-state index in [4.69, 9.17) is 16.8 Å². The van der Waals surface area contributed by atoms with Gasteiger partial charge in [0, 0.05) is 31.4 Å². The van der Waals surface area contributed by atoms with E-state index in [1.54, 1.807) is 20.9 Å². The highest BCUT2D eigenvalue weighted by molar-refractivity contribution is 7.47. The minimum absolute atomic E-state index is 0.0788. The van der Waals surface area contributed by atoms with Crippen molar-refractivity contribution in [3.05, 3.63) is 70.8 Å². The highest BCUT2D eigenvalue weighted by Crippen LogP contribution is 2.33. The van der Waals surface area contributed by atoms with Crippen LogP contribution < -0.4 is 0 Å². The predicted molar refractivity (Wildman–Crippen MR) is 129 cm³/mol. The van der Waals surface area contributed by atoms with Crippen LogP contribution in [0, 0.1) is 6.92 Å². The van der Waals surface area contributed by atoms with Crippen molar-refractivity contribution in [3.8, 4) is 11.6 Å². The molecule has 1 amide bonds. The van der Waals surface area contributed by atoms with Crippen LogP contribution in [-0.4, -0.2) is 52.3 Å². The summed E-state index contributed by atoms with van der Waals surface area (Å²) in [6, 6.07) is 1.51. The zero-order valence-electron chi connectivity index (χ0n) is 18.5. The van der Waals surface area contributed by atoms with Crippen LogP contribution in [0.2, 0.25) is 0 Å². The molecule has 0 saturated carbocycles. The van der Waals surface area contributed by atoms with Crippen molar-refractivity contribution < 1.29 is 9.21 Å². The summed E-state index contributed by atoms with van der Waals surface area (Å²) in [5.74, 6) is -0.220. The first-order valence-electron chi connectivity index (χ1n) is 10.6. The molecular weight excluding hydrogens is 473 g/mol. The average molecular weight is 496 g/mol. The Morgan fingerprint density at radius 2 is 2.29 bits per heavy atom. The van der Waals surface area contributed by atoms with E-state index in [9.17, 15) is 4.79 Å². The Labute approximate surface area is 203 Å². The van der Waals surface area contributed by atoms with Gasteiger partial charge in [-0.3, -0.25) is 9.48 Å². The van der Waals surface area contributed by atoms with Crippen LogP contribution in [0.1, 0.15) is 40.2 Å². The van der Waals surface area contributed by atoms with E-state index in [1.165, 1.54) is 0 Å². The molecule has 2 aliphatic rings. The van der Waals surface area contributed by atoms with Crippen molar-refractivity contribution in [1.29, 1.82) is 0 Å². The van der Waals surface area contributed by atoms with Gasteiger partial charge in [0.25, 0.3) is 5.89 Å². The van der Waals surface area contributed by atoms with E-state index < -0.39 is 0 Å². The summed E-state index contributed by atoms with van der Waals surface area (Å²) in [4.78, 5) is 22.9. The van der Waals surface area contributed by atoms with Gasteiger partial charge in [-0.2, -0.15) is 5.10 Å². The van der Waals surface area contributed by atoms with Crippen LogP contribution in [0.3, 0.4) is 0 Å². The van der Waals surface area contributed by atoms with Crippen molar-refractivity contribution in [1.82, 2.24) is 39.9 Å². The lowest BCUT2D eigenvalue weighted by Gasteiger charge is -2.34. The molecule has 0 saturated heterocycles. The number of fused-ring (bicyclic) bond motifs is 1. The number of rotatable bonds is 5. The Morgan fingerprint density at radius 3 is 3.06 bits per heavy atom. The van der Waals surface area contributed by atoms with E-state index >= 15 is 0 Å². The second kappa shape index (κ2) is 9.03. The number of hydrogen-bond donors (Lipinski definition) is 1. The van der Waals surface area contributed by atoms with Crippen molar-refractivity contribution >= 4 is 27.6 Å². The van der Waals surface area contributed by atoms with Crippen LogP contribution in [0.5, 0.6) is 0 Å². The number of hydrogen-bond acceptors (Lipinski definition) is 8. The summed E-state index contributed by atoms with van der Waals surface area (Å²) in [6.07, 6.45) is 10.5. The van der Waals surface area contributed by atoms with Crippen molar-refractivity contribution in [2.45, 2.75) is 25.8 Å². The van der Waals surface area contributed by atoms with Gasteiger partial charge < -0.3 is 14.3 Å². The summed E-state index contributed by atoms with van der Waals surface area (Å²) in [5.41, 5.74) is 4.96. The van der Waals surface area contributed by atoms with Gasteiger partial charge >= 0.3 is 11.8 Å². The maximum absolute atomic E-state index is 13.5. The van der Waals surface area contributed by atoms with Crippen molar-refractivity contribution in [2.75, 3.05) is 6.54 Å². The number of carbonyl (C=O) groups excluding carboxylic acids is 1.